The molecule has 0 aliphatic heterocycles. The first-order valence-electron chi connectivity index (χ1n) is 9.89. The van der Waals surface area contributed by atoms with Crippen LogP contribution < -0.4 is 4.74 Å². The highest BCUT2D eigenvalue weighted by atomic mass is 80.0. The summed E-state index contributed by atoms with van der Waals surface area (Å²) in [5.41, 5.74) is 1.46. The summed E-state index contributed by atoms with van der Waals surface area (Å²) in [5.74, 6) is 1.68. The minimum atomic E-state index is -1.47. The van der Waals surface area contributed by atoms with Gasteiger partial charge in [-0.15, -0.1) is 0 Å². The Hall–Kier alpha value is 0.637. The van der Waals surface area contributed by atoms with E-state index in [1.807, 2.05) is 0 Å². The molecule has 1 aliphatic rings. The van der Waals surface area contributed by atoms with Gasteiger partial charge < -0.3 is 9.47 Å². The summed E-state index contributed by atoms with van der Waals surface area (Å²) in [6.45, 7) is 3.92. The molecule has 0 amide bonds. The third kappa shape index (κ3) is 9.22. The summed E-state index contributed by atoms with van der Waals surface area (Å²) in [6, 6.07) is 9.93. The van der Waals surface area contributed by atoms with Crippen molar-refractivity contribution in [1.82, 2.24) is 0 Å². The van der Waals surface area contributed by atoms with E-state index in [0.29, 0.717) is 12.0 Å². The average Bonchev–Trinajstić information content (AvgIpc) is 2.63. The van der Waals surface area contributed by atoms with Gasteiger partial charge >= 0.3 is 0 Å². The largest absolute Gasteiger partial charge is 0.494 e. The zero-order valence-corrected chi connectivity index (χ0v) is 21.5. The molecule has 0 spiro atoms. The van der Waals surface area contributed by atoms with E-state index in [1.54, 1.807) is 0 Å². The standard InChI is InChI=1S/C20H31Br3O2Si/c1-2-3-4-14-24-19-10-6-17(7-11-19)18-8-12-20(13-9-18)25-15-5-16-26(21,22)23/h6-7,10-11,18,20H,2-5,8-9,12-16H2,1H3/t18-,20-. The molecule has 0 heterocycles. The lowest BCUT2D eigenvalue weighted by Crippen LogP contribution is -2.21. The molecule has 2 rings (SSSR count). The Bertz CT molecular complexity index is 497. The normalized spacial score (nSPS) is 20.9. The Kier molecular flexibility index (Phi) is 10.8. The summed E-state index contributed by atoms with van der Waals surface area (Å²) in [7, 11) is 0. The molecule has 1 aromatic carbocycles. The Balaban J connectivity index is 1.65. The van der Waals surface area contributed by atoms with E-state index in [9.17, 15) is 0 Å². The van der Waals surface area contributed by atoms with Gasteiger partial charge in [-0.05, 0) is 68.2 Å². The van der Waals surface area contributed by atoms with Gasteiger partial charge in [0.1, 0.15) is 5.75 Å². The summed E-state index contributed by atoms with van der Waals surface area (Å²) < 4.78 is 10.4. The molecule has 6 heteroatoms. The van der Waals surface area contributed by atoms with Crippen molar-refractivity contribution in [2.45, 2.75) is 76.4 Å². The van der Waals surface area contributed by atoms with Crippen LogP contribution in [0.5, 0.6) is 5.75 Å². The molecule has 0 saturated heterocycles. The fourth-order valence-electron chi connectivity index (χ4n) is 3.46. The van der Waals surface area contributed by atoms with Crippen LogP contribution in [0.25, 0.3) is 0 Å². The van der Waals surface area contributed by atoms with Crippen molar-refractivity contribution in [2.75, 3.05) is 13.2 Å². The number of unbranched alkanes of at least 4 members (excludes halogenated alkanes) is 2. The van der Waals surface area contributed by atoms with Crippen LogP contribution in [0.1, 0.15) is 69.8 Å². The lowest BCUT2D eigenvalue weighted by atomic mass is 9.83. The fraction of sp³-hybridized carbons (Fsp3) is 0.700. The molecule has 0 atom stereocenters. The van der Waals surface area contributed by atoms with Crippen LogP contribution in [-0.2, 0) is 4.74 Å². The maximum absolute atomic E-state index is 6.09. The second-order valence-electron chi connectivity index (χ2n) is 7.19. The van der Waals surface area contributed by atoms with Crippen molar-refractivity contribution in [3.63, 3.8) is 0 Å². The van der Waals surface area contributed by atoms with Crippen molar-refractivity contribution in [2.24, 2.45) is 0 Å². The van der Waals surface area contributed by atoms with E-state index >= 15 is 0 Å². The minimum absolute atomic E-state index is 0.449. The molecule has 0 unspecified atom stereocenters. The van der Waals surface area contributed by atoms with E-state index < -0.39 is 3.93 Å². The van der Waals surface area contributed by atoms with Gasteiger partial charge in [-0.2, -0.15) is 0 Å². The molecule has 0 bridgehead atoms. The highest BCUT2D eigenvalue weighted by Gasteiger charge is 2.24. The molecule has 1 aliphatic carbocycles. The zero-order valence-electron chi connectivity index (χ0n) is 15.7. The predicted octanol–water partition coefficient (Wildman–Crippen LogP) is 7.81. The van der Waals surface area contributed by atoms with E-state index in [-0.39, 0.29) is 0 Å². The quantitative estimate of drug-likeness (QED) is 0.153. The Labute approximate surface area is 183 Å². The van der Waals surface area contributed by atoms with Gasteiger partial charge in [0.05, 0.1) is 12.7 Å². The molecule has 1 saturated carbocycles. The maximum atomic E-state index is 6.09. The van der Waals surface area contributed by atoms with Crippen LogP contribution in [-0.4, -0.2) is 23.2 Å². The summed E-state index contributed by atoms with van der Waals surface area (Å²) in [5, 5.41) is 0. The molecule has 0 N–H and O–H groups in total. The van der Waals surface area contributed by atoms with Crippen LogP contribution in [0.2, 0.25) is 6.04 Å². The lowest BCUT2D eigenvalue weighted by molar-refractivity contribution is 0.0251. The van der Waals surface area contributed by atoms with Crippen LogP contribution in [0.4, 0.5) is 0 Å². The summed E-state index contributed by atoms with van der Waals surface area (Å²) >= 11 is 11.0. The Morgan fingerprint density at radius 2 is 1.62 bits per heavy atom. The minimum Gasteiger partial charge on any atom is -0.494 e. The van der Waals surface area contributed by atoms with E-state index in [1.165, 1.54) is 44.1 Å². The van der Waals surface area contributed by atoms with Crippen molar-refractivity contribution in [3.05, 3.63) is 29.8 Å². The zero-order chi connectivity index (χ0) is 18.8. The second-order valence-corrected chi connectivity index (χ2v) is 30.7. The first-order chi connectivity index (χ1) is 12.5. The molecule has 148 valence electrons. The van der Waals surface area contributed by atoms with Gasteiger partial charge in [-0.1, -0.05) is 77.8 Å². The van der Waals surface area contributed by atoms with E-state index in [2.05, 4.69) is 77.1 Å². The van der Waals surface area contributed by atoms with Crippen LogP contribution in [0, 0.1) is 0 Å². The molecule has 0 aromatic heterocycles. The van der Waals surface area contributed by atoms with Crippen LogP contribution >= 0.6 is 45.9 Å². The lowest BCUT2D eigenvalue weighted by Gasteiger charge is -2.29. The average molecular weight is 571 g/mol. The third-order valence-electron chi connectivity index (χ3n) is 5.00. The van der Waals surface area contributed by atoms with Gasteiger partial charge in [0.25, 0.3) is 3.93 Å². The molecular weight excluding hydrogens is 540 g/mol. The van der Waals surface area contributed by atoms with Gasteiger partial charge in [0.2, 0.25) is 0 Å². The molecule has 26 heavy (non-hydrogen) atoms. The number of benzene rings is 1. The number of ether oxygens (including phenoxy) is 2. The van der Waals surface area contributed by atoms with Crippen molar-refractivity contribution >= 4 is 49.8 Å². The predicted molar refractivity (Wildman–Crippen MR) is 124 cm³/mol. The maximum Gasteiger partial charge on any atom is 0.267 e. The van der Waals surface area contributed by atoms with E-state index in [4.69, 9.17) is 9.47 Å². The van der Waals surface area contributed by atoms with Gasteiger partial charge in [-0.3, -0.25) is 0 Å². The highest BCUT2D eigenvalue weighted by molar-refractivity contribution is 9.72. The summed E-state index contributed by atoms with van der Waals surface area (Å²) in [4.78, 5) is 0. The number of hydrogen-bond donors (Lipinski definition) is 0. The van der Waals surface area contributed by atoms with E-state index in [0.717, 1.165) is 37.8 Å². The topological polar surface area (TPSA) is 18.5 Å². The smallest absolute Gasteiger partial charge is 0.267 e. The number of rotatable bonds is 11. The molecule has 0 radical (unpaired) electrons. The van der Waals surface area contributed by atoms with Crippen molar-refractivity contribution in [1.29, 1.82) is 0 Å². The Morgan fingerprint density at radius 3 is 2.23 bits per heavy atom. The van der Waals surface area contributed by atoms with Crippen LogP contribution in [0.15, 0.2) is 24.3 Å². The fourth-order valence-corrected chi connectivity index (χ4v) is 6.53. The molecule has 2 nitrogen and oxygen atoms in total. The number of hydrogen-bond acceptors (Lipinski definition) is 2. The van der Waals surface area contributed by atoms with Gasteiger partial charge in [0, 0.05) is 6.61 Å². The molecular formula is C20H31Br3O2Si. The monoisotopic (exact) mass is 568 g/mol. The van der Waals surface area contributed by atoms with Gasteiger partial charge in [0.15, 0.2) is 0 Å². The van der Waals surface area contributed by atoms with Gasteiger partial charge in [-0.25, -0.2) is 0 Å². The number of halogens is 3. The Morgan fingerprint density at radius 1 is 0.923 bits per heavy atom. The van der Waals surface area contributed by atoms with Crippen LogP contribution in [0.3, 0.4) is 0 Å². The second kappa shape index (κ2) is 12.3. The summed E-state index contributed by atoms with van der Waals surface area (Å²) in [6.07, 6.45) is 10.0. The van der Waals surface area contributed by atoms with Crippen molar-refractivity contribution < 1.29 is 9.47 Å². The highest BCUT2D eigenvalue weighted by Crippen LogP contribution is 2.36. The van der Waals surface area contributed by atoms with Crippen molar-refractivity contribution in [3.8, 4) is 5.75 Å². The first-order valence-corrected chi connectivity index (χ1v) is 18.9. The SMILES string of the molecule is CCCCCOc1ccc([C@H]2CC[C@H](OCCC[Si](Br)(Br)Br)CC2)cc1. The third-order valence-corrected chi connectivity index (χ3v) is 9.49. The molecule has 1 aromatic rings. The molecule has 1 fully saturated rings. The first kappa shape index (κ1) is 22.9.